The standard InChI is InChI=1S/C23H17N5OS/c1-15-20(21(18(12-24)13-25)17-10-6-3-7-11-17)22(29)28(27-15)23-26-19(14-30-23)16-8-4-2-5-9-16/h2-11,14,18,20-21H,1H3/t20-,21-/m0/s1. The summed E-state index contributed by atoms with van der Waals surface area (Å²) in [5.74, 6) is -2.54. The molecule has 0 N–H and O–H groups in total. The van der Waals surface area contributed by atoms with Crippen LogP contribution in [-0.2, 0) is 4.79 Å². The summed E-state index contributed by atoms with van der Waals surface area (Å²) in [6.07, 6.45) is 0. The maximum Gasteiger partial charge on any atom is 0.259 e. The summed E-state index contributed by atoms with van der Waals surface area (Å²) in [7, 11) is 0. The Kier molecular flexibility index (Phi) is 5.38. The summed E-state index contributed by atoms with van der Waals surface area (Å²) < 4.78 is 0. The first kappa shape index (κ1) is 19.5. The first-order valence-corrected chi connectivity index (χ1v) is 10.3. The number of hydrazone groups is 1. The van der Waals surface area contributed by atoms with Gasteiger partial charge < -0.3 is 0 Å². The minimum absolute atomic E-state index is 0.272. The van der Waals surface area contributed by atoms with Crippen LogP contribution in [0.1, 0.15) is 18.4 Å². The van der Waals surface area contributed by atoms with E-state index < -0.39 is 17.8 Å². The smallest absolute Gasteiger partial charge is 0.259 e. The van der Waals surface area contributed by atoms with Crippen molar-refractivity contribution in [2.75, 3.05) is 5.01 Å². The Labute approximate surface area is 178 Å². The SMILES string of the molecule is CC1=NN(c2nc(-c3ccccc3)cs2)C(=O)[C@@H]1[C@@H](c1ccccc1)C(C#N)C#N. The highest BCUT2D eigenvalue weighted by atomic mass is 32.1. The first-order chi connectivity index (χ1) is 14.6. The van der Waals surface area contributed by atoms with Gasteiger partial charge in [-0.3, -0.25) is 4.79 Å². The highest BCUT2D eigenvalue weighted by Crippen LogP contribution is 2.39. The topological polar surface area (TPSA) is 93.1 Å². The number of benzene rings is 2. The Balaban J connectivity index is 1.68. The molecule has 146 valence electrons. The van der Waals surface area contributed by atoms with Crippen molar-refractivity contribution in [3.63, 3.8) is 0 Å². The molecule has 0 spiro atoms. The van der Waals surface area contributed by atoms with Gasteiger partial charge in [0.25, 0.3) is 5.91 Å². The molecule has 4 rings (SSSR count). The lowest BCUT2D eigenvalue weighted by molar-refractivity contribution is -0.120. The van der Waals surface area contributed by atoms with Gasteiger partial charge in [-0.15, -0.1) is 11.3 Å². The lowest BCUT2D eigenvalue weighted by Gasteiger charge is -2.23. The van der Waals surface area contributed by atoms with E-state index in [1.807, 2.05) is 78.2 Å². The van der Waals surface area contributed by atoms with Gasteiger partial charge in [0.2, 0.25) is 5.13 Å². The van der Waals surface area contributed by atoms with Crippen LogP contribution in [0.2, 0.25) is 0 Å². The van der Waals surface area contributed by atoms with Crippen LogP contribution >= 0.6 is 11.3 Å². The third kappa shape index (κ3) is 3.47. The lowest BCUT2D eigenvalue weighted by atomic mass is 9.76. The highest BCUT2D eigenvalue weighted by molar-refractivity contribution is 7.14. The maximum absolute atomic E-state index is 13.4. The van der Waals surface area contributed by atoms with Gasteiger partial charge in [0, 0.05) is 22.6 Å². The Morgan fingerprint density at radius 3 is 2.30 bits per heavy atom. The molecule has 0 radical (unpaired) electrons. The number of amides is 1. The average Bonchev–Trinajstić information content (AvgIpc) is 3.38. The normalized spacial score (nSPS) is 16.8. The molecule has 30 heavy (non-hydrogen) atoms. The van der Waals surface area contributed by atoms with Crippen molar-refractivity contribution in [3.05, 3.63) is 71.6 Å². The average molecular weight is 411 g/mol. The van der Waals surface area contributed by atoms with Crippen LogP contribution in [0.15, 0.2) is 71.1 Å². The zero-order valence-electron chi connectivity index (χ0n) is 16.1. The summed E-state index contributed by atoms with van der Waals surface area (Å²) in [4.78, 5) is 18.0. The molecule has 6 nitrogen and oxygen atoms in total. The van der Waals surface area contributed by atoms with Crippen LogP contribution < -0.4 is 5.01 Å². The Hall–Kier alpha value is -3.81. The summed E-state index contributed by atoms with van der Waals surface area (Å²) >= 11 is 1.33. The maximum atomic E-state index is 13.4. The first-order valence-electron chi connectivity index (χ1n) is 9.38. The largest absolute Gasteiger partial charge is 0.272 e. The number of aromatic nitrogens is 1. The summed E-state index contributed by atoms with van der Waals surface area (Å²) in [6.45, 7) is 1.76. The van der Waals surface area contributed by atoms with Gasteiger partial charge in [-0.1, -0.05) is 60.7 Å². The van der Waals surface area contributed by atoms with E-state index in [4.69, 9.17) is 0 Å². The molecule has 0 aliphatic carbocycles. The van der Waals surface area contributed by atoms with Crippen molar-refractivity contribution < 1.29 is 4.79 Å². The van der Waals surface area contributed by atoms with Crippen molar-refractivity contribution in [2.45, 2.75) is 12.8 Å². The fourth-order valence-electron chi connectivity index (χ4n) is 3.68. The van der Waals surface area contributed by atoms with Crippen molar-refractivity contribution in [3.8, 4) is 23.4 Å². The van der Waals surface area contributed by atoms with E-state index in [1.54, 1.807) is 6.92 Å². The molecule has 0 unspecified atom stereocenters. The molecule has 0 bridgehead atoms. The molecule has 2 atom stereocenters. The second-order valence-corrected chi connectivity index (χ2v) is 7.76. The minimum atomic E-state index is -0.970. The Morgan fingerprint density at radius 2 is 1.67 bits per heavy atom. The molecule has 2 aromatic carbocycles. The van der Waals surface area contributed by atoms with Gasteiger partial charge in [0.1, 0.15) is 5.92 Å². The second kappa shape index (κ2) is 8.28. The van der Waals surface area contributed by atoms with Gasteiger partial charge in [0.15, 0.2) is 0 Å². The fraction of sp³-hybridized carbons (Fsp3) is 0.174. The molecule has 1 aliphatic heterocycles. The molecule has 2 heterocycles. The Bertz CT molecular complexity index is 1160. The number of hydrogen-bond donors (Lipinski definition) is 0. The molecular formula is C23H17N5OS. The van der Waals surface area contributed by atoms with Crippen LogP contribution in [0.3, 0.4) is 0 Å². The number of carbonyl (C=O) groups is 1. The number of hydrogen-bond acceptors (Lipinski definition) is 6. The minimum Gasteiger partial charge on any atom is -0.272 e. The Morgan fingerprint density at radius 1 is 1.03 bits per heavy atom. The molecule has 7 heteroatoms. The van der Waals surface area contributed by atoms with Gasteiger partial charge >= 0.3 is 0 Å². The molecule has 1 aromatic heterocycles. The van der Waals surface area contributed by atoms with E-state index in [2.05, 4.69) is 10.1 Å². The van der Waals surface area contributed by atoms with Gasteiger partial charge in [0.05, 0.1) is 23.8 Å². The van der Waals surface area contributed by atoms with E-state index in [0.717, 1.165) is 16.8 Å². The van der Waals surface area contributed by atoms with Crippen molar-refractivity contribution in [1.29, 1.82) is 10.5 Å². The van der Waals surface area contributed by atoms with E-state index in [1.165, 1.54) is 16.3 Å². The second-order valence-electron chi connectivity index (χ2n) is 6.92. The van der Waals surface area contributed by atoms with Crippen molar-refractivity contribution >= 4 is 28.1 Å². The number of rotatable bonds is 5. The van der Waals surface area contributed by atoms with Crippen LogP contribution in [0.25, 0.3) is 11.3 Å². The third-order valence-electron chi connectivity index (χ3n) is 5.11. The molecule has 1 aliphatic rings. The zero-order valence-corrected chi connectivity index (χ0v) is 17.0. The predicted molar refractivity (Wildman–Crippen MR) is 116 cm³/mol. The molecule has 0 saturated carbocycles. The summed E-state index contributed by atoms with van der Waals surface area (Å²) in [5.41, 5.74) is 3.07. The fourth-order valence-corrected chi connectivity index (χ4v) is 4.46. The van der Waals surface area contributed by atoms with Crippen LogP contribution in [0.5, 0.6) is 0 Å². The van der Waals surface area contributed by atoms with Crippen molar-refractivity contribution in [2.24, 2.45) is 16.9 Å². The van der Waals surface area contributed by atoms with E-state index >= 15 is 0 Å². The van der Waals surface area contributed by atoms with E-state index in [9.17, 15) is 15.3 Å². The quantitative estimate of drug-likeness (QED) is 0.613. The van der Waals surface area contributed by atoms with E-state index in [-0.39, 0.29) is 5.91 Å². The summed E-state index contributed by atoms with van der Waals surface area (Å²) in [5, 5.41) is 27.2. The van der Waals surface area contributed by atoms with Crippen LogP contribution in [0.4, 0.5) is 5.13 Å². The zero-order chi connectivity index (χ0) is 21.1. The lowest BCUT2D eigenvalue weighted by Crippen LogP contribution is -2.34. The number of nitriles is 2. The number of thiazole rings is 1. The molecule has 3 aromatic rings. The monoisotopic (exact) mass is 411 g/mol. The molecule has 0 saturated heterocycles. The molecule has 1 amide bonds. The van der Waals surface area contributed by atoms with Crippen molar-refractivity contribution in [1.82, 2.24) is 4.98 Å². The van der Waals surface area contributed by atoms with Crippen LogP contribution in [-0.4, -0.2) is 16.6 Å². The van der Waals surface area contributed by atoms with E-state index in [0.29, 0.717) is 10.8 Å². The molecule has 0 fully saturated rings. The third-order valence-corrected chi connectivity index (χ3v) is 5.92. The highest BCUT2D eigenvalue weighted by Gasteiger charge is 2.45. The van der Waals surface area contributed by atoms with Gasteiger partial charge in [-0.2, -0.15) is 20.6 Å². The van der Waals surface area contributed by atoms with Gasteiger partial charge in [-0.05, 0) is 12.5 Å². The van der Waals surface area contributed by atoms with Crippen LogP contribution in [0, 0.1) is 34.5 Å². The summed E-state index contributed by atoms with van der Waals surface area (Å²) in [6, 6.07) is 23.0. The number of nitrogens with zero attached hydrogens (tertiary/aromatic N) is 5. The molecular weight excluding hydrogens is 394 g/mol. The van der Waals surface area contributed by atoms with Gasteiger partial charge in [-0.25, -0.2) is 4.98 Å². The number of anilines is 1. The predicted octanol–water partition coefficient (Wildman–Crippen LogP) is 4.60. The number of carbonyl (C=O) groups excluding carboxylic acids is 1.